The second-order valence-electron chi connectivity index (χ2n) is 9.92. The summed E-state index contributed by atoms with van der Waals surface area (Å²) < 4.78 is 6.26. The average Bonchev–Trinajstić information content (AvgIpc) is 3.65. The molecular formula is C29H28Cl2N8O4. The molecule has 0 aliphatic carbocycles. The number of ether oxygens (including phenoxy) is 1. The highest BCUT2D eigenvalue weighted by atomic mass is 35.5. The van der Waals surface area contributed by atoms with Gasteiger partial charge in [-0.3, -0.25) is 14.4 Å². The molecule has 3 N–H and O–H groups in total. The van der Waals surface area contributed by atoms with Crippen LogP contribution in [0.25, 0.3) is 23.0 Å². The molecule has 0 saturated heterocycles. The van der Waals surface area contributed by atoms with Crippen LogP contribution >= 0.6 is 23.2 Å². The van der Waals surface area contributed by atoms with Crippen molar-refractivity contribution in [2.45, 2.75) is 44.6 Å². The molecular weight excluding hydrogens is 595 g/mol. The van der Waals surface area contributed by atoms with E-state index in [2.05, 4.69) is 31.1 Å². The summed E-state index contributed by atoms with van der Waals surface area (Å²) >= 11 is 12.8. The molecule has 2 bridgehead atoms. The summed E-state index contributed by atoms with van der Waals surface area (Å²) in [4.78, 5) is 45.6. The Kier molecular flexibility index (Phi) is 9.48. The molecule has 12 nitrogen and oxygen atoms in total. The second kappa shape index (κ2) is 13.6. The van der Waals surface area contributed by atoms with Gasteiger partial charge in [0.15, 0.2) is 0 Å². The molecule has 0 spiro atoms. The van der Waals surface area contributed by atoms with Crippen molar-refractivity contribution in [1.82, 2.24) is 35.5 Å². The summed E-state index contributed by atoms with van der Waals surface area (Å²) in [6.07, 6.45) is 7.62. The molecule has 2 aromatic heterocycles. The van der Waals surface area contributed by atoms with Gasteiger partial charge in [-0.15, -0.1) is 5.10 Å². The van der Waals surface area contributed by atoms with Crippen LogP contribution in [0.2, 0.25) is 10.2 Å². The van der Waals surface area contributed by atoms with Crippen LogP contribution in [0.3, 0.4) is 0 Å². The van der Waals surface area contributed by atoms with Crippen molar-refractivity contribution in [1.29, 1.82) is 0 Å². The molecule has 0 unspecified atom stereocenters. The number of imidazole rings is 1. The first-order valence-corrected chi connectivity index (χ1v) is 14.3. The maximum Gasteiger partial charge on any atom is 0.309 e. The number of esters is 1. The largest absolute Gasteiger partial charge is 0.469 e. The number of aromatic nitrogens is 6. The number of fused-ring (bicyclic) bond motifs is 4. The minimum absolute atomic E-state index is 0.0488. The monoisotopic (exact) mass is 622 g/mol. The van der Waals surface area contributed by atoms with E-state index in [4.69, 9.17) is 32.9 Å². The number of nitrogens with zero attached hydrogens (tertiary/aromatic N) is 5. The number of benzene rings is 2. The van der Waals surface area contributed by atoms with Crippen LogP contribution in [0, 0.1) is 0 Å². The highest BCUT2D eigenvalue weighted by Gasteiger charge is 2.23. The quantitative estimate of drug-likeness (QED) is 0.203. The van der Waals surface area contributed by atoms with E-state index in [1.165, 1.54) is 24.2 Å². The maximum absolute atomic E-state index is 13.1. The zero-order chi connectivity index (χ0) is 30.3. The van der Waals surface area contributed by atoms with Gasteiger partial charge in [0.1, 0.15) is 23.0 Å². The van der Waals surface area contributed by atoms with E-state index in [-0.39, 0.29) is 23.4 Å². The van der Waals surface area contributed by atoms with Crippen LogP contribution in [0.4, 0.5) is 5.69 Å². The number of nitrogens with one attached hydrogen (secondary N) is 3. The van der Waals surface area contributed by atoms with Gasteiger partial charge in [0.05, 0.1) is 30.9 Å². The SMILES string of the molecule is COC(=O)Cc1ccc2c(c1)NC(=O)CCCCC[C@H](NC(=O)/C=C/c1cc(Cl)ccc1-n1cnnn1)c1nc-2c(Cl)[nH]1. The van der Waals surface area contributed by atoms with E-state index in [1.54, 1.807) is 42.5 Å². The van der Waals surface area contributed by atoms with Gasteiger partial charge in [-0.25, -0.2) is 4.98 Å². The highest BCUT2D eigenvalue weighted by Crippen LogP contribution is 2.35. The van der Waals surface area contributed by atoms with Crippen molar-refractivity contribution in [2.24, 2.45) is 0 Å². The minimum atomic E-state index is -0.479. The van der Waals surface area contributed by atoms with Crippen molar-refractivity contribution >= 4 is 52.7 Å². The number of amides is 2. The van der Waals surface area contributed by atoms with E-state index in [0.29, 0.717) is 63.9 Å². The van der Waals surface area contributed by atoms with E-state index in [1.807, 2.05) is 0 Å². The van der Waals surface area contributed by atoms with Crippen molar-refractivity contribution in [3.8, 4) is 16.9 Å². The fourth-order valence-corrected chi connectivity index (χ4v) is 5.21. The number of carbonyl (C=O) groups excluding carboxylic acids is 3. The Morgan fingerprint density at radius 3 is 2.81 bits per heavy atom. The molecule has 3 heterocycles. The summed E-state index contributed by atoms with van der Waals surface area (Å²) in [7, 11) is 1.32. The zero-order valence-corrected chi connectivity index (χ0v) is 24.7. The Hall–Kier alpha value is -4.55. The third kappa shape index (κ3) is 7.46. The van der Waals surface area contributed by atoms with E-state index >= 15 is 0 Å². The van der Waals surface area contributed by atoms with Crippen molar-refractivity contribution in [3.63, 3.8) is 0 Å². The van der Waals surface area contributed by atoms with Crippen LogP contribution in [0.15, 0.2) is 48.8 Å². The molecule has 1 atom stereocenters. The van der Waals surface area contributed by atoms with Gasteiger partial charge in [-0.1, -0.05) is 48.2 Å². The molecule has 222 valence electrons. The normalized spacial score (nSPS) is 15.5. The number of anilines is 1. The van der Waals surface area contributed by atoms with E-state index in [0.717, 1.165) is 12.8 Å². The standard InChI is InChI=1S/C29H28Cl2N8O4/c1-43-26(42)14-17-7-10-20-22(13-17)34-24(40)6-4-2-3-5-21(29-35-27(20)28(31)36-29)33-25(41)12-8-18-15-19(30)9-11-23(18)39-16-32-37-38-39/h7-13,15-16,21H,2-6,14H2,1H3,(H,33,41)(H,34,40)(H,35,36)/b12-8+/t21-/m0/s1. The second-order valence-corrected chi connectivity index (χ2v) is 10.7. The molecule has 2 aromatic carbocycles. The summed E-state index contributed by atoms with van der Waals surface area (Å²) in [5.74, 6) is -0.421. The highest BCUT2D eigenvalue weighted by molar-refractivity contribution is 6.32. The molecule has 43 heavy (non-hydrogen) atoms. The Morgan fingerprint density at radius 2 is 2.02 bits per heavy atom. The Bertz CT molecular complexity index is 1670. The number of methoxy groups -OCH3 is 1. The summed E-state index contributed by atoms with van der Waals surface area (Å²) in [6.45, 7) is 0. The first-order valence-electron chi connectivity index (χ1n) is 13.6. The van der Waals surface area contributed by atoms with Crippen molar-refractivity contribution in [3.05, 3.63) is 75.9 Å². The number of rotatable bonds is 6. The lowest BCUT2D eigenvalue weighted by Crippen LogP contribution is -2.27. The number of halogens is 2. The van der Waals surface area contributed by atoms with Gasteiger partial charge in [-0.05, 0) is 59.2 Å². The zero-order valence-electron chi connectivity index (χ0n) is 23.1. The van der Waals surface area contributed by atoms with Gasteiger partial charge < -0.3 is 20.4 Å². The van der Waals surface area contributed by atoms with Crippen LogP contribution in [0.1, 0.15) is 55.1 Å². The number of hydrogen-bond acceptors (Lipinski definition) is 8. The third-order valence-electron chi connectivity index (χ3n) is 6.91. The fourth-order valence-electron chi connectivity index (χ4n) is 4.79. The number of aromatic amines is 1. The van der Waals surface area contributed by atoms with Crippen molar-refractivity contribution in [2.75, 3.05) is 12.4 Å². The van der Waals surface area contributed by atoms with Crippen molar-refractivity contribution < 1.29 is 19.1 Å². The molecule has 1 aliphatic heterocycles. The van der Waals surface area contributed by atoms with E-state index in [9.17, 15) is 14.4 Å². The van der Waals surface area contributed by atoms with Gasteiger partial charge >= 0.3 is 5.97 Å². The van der Waals surface area contributed by atoms with Crippen LogP contribution < -0.4 is 10.6 Å². The third-order valence-corrected chi connectivity index (χ3v) is 7.42. The smallest absolute Gasteiger partial charge is 0.309 e. The van der Waals surface area contributed by atoms with Gasteiger partial charge in [0, 0.05) is 28.6 Å². The first kappa shape index (κ1) is 29.9. The number of carbonyl (C=O) groups is 3. The summed E-state index contributed by atoms with van der Waals surface area (Å²) in [6, 6.07) is 9.93. The summed E-state index contributed by atoms with van der Waals surface area (Å²) in [5, 5.41) is 18.0. The number of H-pyrrole nitrogens is 1. The predicted molar refractivity (Wildman–Crippen MR) is 161 cm³/mol. The lowest BCUT2D eigenvalue weighted by molar-refractivity contribution is -0.139. The Labute approximate surface area is 256 Å². The average molecular weight is 624 g/mol. The predicted octanol–water partition coefficient (Wildman–Crippen LogP) is 4.85. The Morgan fingerprint density at radius 1 is 1.16 bits per heavy atom. The first-order chi connectivity index (χ1) is 20.8. The minimum Gasteiger partial charge on any atom is -0.469 e. The molecule has 2 amide bonds. The van der Waals surface area contributed by atoms with Gasteiger partial charge in [0.2, 0.25) is 11.8 Å². The Balaban J connectivity index is 1.42. The molecule has 0 radical (unpaired) electrons. The van der Waals surface area contributed by atoms with E-state index < -0.39 is 12.0 Å². The van der Waals surface area contributed by atoms with Crippen LogP contribution in [-0.2, 0) is 25.5 Å². The maximum atomic E-state index is 13.1. The number of tetrazole rings is 1. The molecule has 4 aromatic rings. The topological polar surface area (TPSA) is 157 Å². The molecule has 0 fully saturated rings. The molecule has 0 saturated carbocycles. The molecule has 14 heteroatoms. The lowest BCUT2D eigenvalue weighted by atomic mass is 10.0. The fraction of sp³-hybridized carbons (Fsp3) is 0.276. The summed E-state index contributed by atoms with van der Waals surface area (Å²) in [5.41, 5.74) is 3.44. The number of hydrogen-bond donors (Lipinski definition) is 3. The molecule has 5 rings (SSSR count). The van der Waals surface area contributed by atoms with Crippen LogP contribution in [-0.4, -0.2) is 55.1 Å². The van der Waals surface area contributed by atoms with Gasteiger partial charge in [0.25, 0.3) is 0 Å². The van der Waals surface area contributed by atoms with Gasteiger partial charge in [-0.2, -0.15) is 4.68 Å². The lowest BCUT2D eigenvalue weighted by Gasteiger charge is -2.16. The molecule has 1 aliphatic rings. The van der Waals surface area contributed by atoms with Crippen LogP contribution in [0.5, 0.6) is 0 Å².